The molecule has 182 valence electrons. The van der Waals surface area contributed by atoms with Crippen LogP contribution in [0.5, 0.6) is 11.5 Å². The van der Waals surface area contributed by atoms with E-state index in [1.165, 1.54) is 36.4 Å². The van der Waals surface area contributed by atoms with Gasteiger partial charge in [-0.1, -0.05) is 29.4 Å². The third-order valence-electron chi connectivity index (χ3n) is 4.87. The first-order chi connectivity index (χ1) is 17.2. The number of aromatic amines is 1. The molecule has 12 heteroatoms. The van der Waals surface area contributed by atoms with Gasteiger partial charge in [0.15, 0.2) is 5.16 Å². The molecule has 0 fully saturated rings. The van der Waals surface area contributed by atoms with Gasteiger partial charge < -0.3 is 9.72 Å². The number of aromatic nitrogens is 4. The van der Waals surface area contributed by atoms with E-state index in [4.69, 9.17) is 16.3 Å². The Bertz CT molecular complexity index is 1490. The molecule has 2 aromatic carbocycles. The van der Waals surface area contributed by atoms with Crippen LogP contribution in [0.3, 0.4) is 0 Å². The van der Waals surface area contributed by atoms with Crippen LogP contribution < -0.4 is 10.3 Å². The Balaban J connectivity index is 1.45. The molecule has 0 bridgehead atoms. The Morgan fingerprint density at radius 3 is 2.56 bits per heavy atom. The van der Waals surface area contributed by atoms with E-state index in [9.17, 15) is 23.2 Å². The normalized spacial score (nSPS) is 11.2. The zero-order valence-electron chi connectivity index (χ0n) is 18.2. The zero-order chi connectivity index (χ0) is 25.7. The highest BCUT2D eigenvalue weighted by molar-refractivity contribution is 7.98. The Hall–Kier alpha value is -3.88. The average molecular weight is 530 g/mol. The van der Waals surface area contributed by atoms with E-state index in [1.54, 1.807) is 24.5 Å². The Morgan fingerprint density at radius 2 is 1.86 bits per heavy atom. The van der Waals surface area contributed by atoms with Gasteiger partial charge in [-0.3, -0.25) is 4.79 Å². The van der Waals surface area contributed by atoms with Crippen LogP contribution in [0.1, 0.15) is 27.8 Å². The van der Waals surface area contributed by atoms with Crippen LogP contribution in [-0.4, -0.2) is 19.9 Å². The molecule has 0 aliphatic carbocycles. The van der Waals surface area contributed by atoms with Crippen molar-refractivity contribution in [1.82, 2.24) is 19.9 Å². The molecule has 0 spiro atoms. The minimum atomic E-state index is -4.64. The van der Waals surface area contributed by atoms with Gasteiger partial charge in [0, 0.05) is 36.3 Å². The van der Waals surface area contributed by atoms with E-state index in [1.807, 2.05) is 6.07 Å². The summed E-state index contributed by atoms with van der Waals surface area (Å²) in [7, 11) is 0. The van der Waals surface area contributed by atoms with Gasteiger partial charge in [0.2, 0.25) is 0 Å². The summed E-state index contributed by atoms with van der Waals surface area (Å²) >= 11 is 6.90. The van der Waals surface area contributed by atoms with Crippen molar-refractivity contribution in [1.29, 1.82) is 5.26 Å². The van der Waals surface area contributed by atoms with Gasteiger partial charge in [0.1, 0.15) is 23.9 Å². The number of H-pyrrole nitrogens is 1. The summed E-state index contributed by atoms with van der Waals surface area (Å²) in [5.41, 5.74) is 0.808. The summed E-state index contributed by atoms with van der Waals surface area (Å²) < 4.78 is 44.9. The van der Waals surface area contributed by atoms with Gasteiger partial charge in [0.05, 0.1) is 16.1 Å². The second kappa shape index (κ2) is 10.8. The maximum atomic E-state index is 13.1. The number of nitrogens with one attached hydrogen (secondary N) is 1. The van der Waals surface area contributed by atoms with Crippen LogP contribution in [0, 0.1) is 11.3 Å². The van der Waals surface area contributed by atoms with E-state index in [2.05, 4.69) is 19.9 Å². The molecule has 0 aliphatic rings. The predicted octanol–water partition coefficient (Wildman–Crippen LogP) is 5.78. The van der Waals surface area contributed by atoms with E-state index in [0.717, 1.165) is 23.3 Å². The molecule has 0 radical (unpaired) electrons. The van der Waals surface area contributed by atoms with E-state index in [-0.39, 0.29) is 22.6 Å². The molecular formula is C24H15ClF3N5O2S. The highest BCUT2D eigenvalue weighted by Gasteiger charge is 2.33. The smallest absolute Gasteiger partial charge is 0.417 e. The standard InChI is InChI=1S/C24H15ClF3N5O2S/c25-20-3-2-18(7-19(20)24(26,27)28)35-21-4-1-14(5-16(21)8-29)12-36-23-32-11-17(22(34)33-23)6-15-9-30-13-31-10-15/h1-5,7,9-11,13H,6,12H2,(H,32,33,34). The molecule has 36 heavy (non-hydrogen) atoms. The monoisotopic (exact) mass is 529 g/mol. The Labute approximate surface area is 212 Å². The van der Waals surface area contributed by atoms with E-state index in [0.29, 0.717) is 22.9 Å². The fourth-order valence-corrected chi connectivity index (χ4v) is 4.15. The number of hydrogen-bond donors (Lipinski definition) is 1. The first-order valence-corrected chi connectivity index (χ1v) is 11.6. The van der Waals surface area contributed by atoms with Crippen molar-refractivity contribution < 1.29 is 17.9 Å². The quantitative estimate of drug-likeness (QED) is 0.239. The zero-order valence-corrected chi connectivity index (χ0v) is 19.8. The van der Waals surface area contributed by atoms with Gasteiger partial charge in [-0.2, -0.15) is 18.4 Å². The lowest BCUT2D eigenvalue weighted by Gasteiger charge is -2.13. The molecule has 0 atom stereocenters. The van der Waals surface area contributed by atoms with Gasteiger partial charge in [-0.15, -0.1) is 0 Å². The van der Waals surface area contributed by atoms with Gasteiger partial charge in [-0.25, -0.2) is 15.0 Å². The Kier molecular flexibility index (Phi) is 7.57. The molecule has 0 aliphatic heterocycles. The highest BCUT2D eigenvalue weighted by atomic mass is 35.5. The fraction of sp³-hybridized carbons (Fsp3) is 0.125. The molecule has 0 saturated carbocycles. The van der Waals surface area contributed by atoms with Crippen molar-refractivity contribution in [2.75, 3.05) is 0 Å². The number of halogens is 4. The topological polar surface area (TPSA) is 105 Å². The van der Waals surface area contributed by atoms with Crippen molar-refractivity contribution in [3.63, 3.8) is 0 Å². The lowest BCUT2D eigenvalue weighted by atomic mass is 10.1. The molecule has 7 nitrogen and oxygen atoms in total. The van der Waals surface area contributed by atoms with Gasteiger partial charge >= 0.3 is 6.18 Å². The number of alkyl halides is 3. The highest BCUT2D eigenvalue weighted by Crippen LogP contribution is 2.38. The van der Waals surface area contributed by atoms with E-state index < -0.39 is 16.8 Å². The van der Waals surface area contributed by atoms with Crippen molar-refractivity contribution in [3.05, 3.63) is 105 Å². The number of nitrogens with zero attached hydrogens (tertiary/aromatic N) is 4. The van der Waals surface area contributed by atoms with Crippen LogP contribution in [-0.2, 0) is 18.3 Å². The van der Waals surface area contributed by atoms with Crippen molar-refractivity contribution in [3.8, 4) is 17.6 Å². The van der Waals surface area contributed by atoms with Crippen LogP contribution in [0.15, 0.2) is 71.3 Å². The third kappa shape index (κ3) is 6.21. The first kappa shape index (κ1) is 25.2. The molecule has 0 saturated heterocycles. The largest absolute Gasteiger partial charge is 0.456 e. The molecule has 0 unspecified atom stereocenters. The SMILES string of the molecule is N#Cc1cc(CSc2ncc(Cc3cncnc3)c(=O)[nH]2)ccc1Oc1ccc(Cl)c(C(F)(F)F)c1. The number of nitriles is 1. The lowest BCUT2D eigenvalue weighted by molar-refractivity contribution is -0.137. The summed E-state index contributed by atoms with van der Waals surface area (Å²) in [6.45, 7) is 0. The summed E-state index contributed by atoms with van der Waals surface area (Å²) in [5.74, 6) is 0.375. The summed E-state index contributed by atoms with van der Waals surface area (Å²) in [6, 6.07) is 9.87. The maximum Gasteiger partial charge on any atom is 0.417 e. The molecule has 4 rings (SSSR count). The number of hydrogen-bond acceptors (Lipinski definition) is 7. The lowest BCUT2D eigenvalue weighted by Crippen LogP contribution is -2.14. The second-order valence-electron chi connectivity index (χ2n) is 7.44. The third-order valence-corrected chi connectivity index (χ3v) is 6.16. The van der Waals surface area contributed by atoms with Crippen LogP contribution in [0.25, 0.3) is 0 Å². The molecule has 2 aromatic heterocycles. The summed E-state index contributed by atoms with van der Waals surface area (Å²) in [4.78, 5) is 27.2. The number of ether oxygens (including phenoxy) is 1. The number of thioether (sulfide) groups is 1. The molecule has 0 amide bonds. The van der Waals surface area contributed by atoms with Gasteiger partial charge in [-0.05, 0) is 41.5 Å². The molecule has 4 aromatic rings. The molecule has 1 N–H and O–H groups in total. The van der Waals surface area contributed by atoms with Crippen molar-refractivity contribution in [2.45, 2.75) is 23.5 Å². The minimum Gasteiger partial charge on any atom is -0.456 e. The maximum absolute atomic E-state index is 13.1. The molecular weight excluding hydrogens is 515 g/mol. The number of rotatable bonds is 7. The van der Waals surface area contributed by atoms with Crippen molar-refractivity contribution >= 4 is 23.4 Å². The number of benzene rings is 2. The van der Waals surface area contributed by atoms with Gasteiger partial charge in [0.25, 0.3) is 5.56 Å². The summed E-state index contributed by atoms with van der Waals surface area (Å²) in [6.07, 6.45) is 1.85. The summed E-state index contributed by atoms with van der Waals surface area (Å²) in [5, 5.41) is 9.46. The fourth-order valence-electron chi connectivity index (χ4n) is 3.15. The second-order valence-corrected chi connectivity index (χ2v) is 8.81. The van der Waals surface area contributed by atoms with E-state index >= 15 is 0 Å². The molecule has 2 heterocycles. The first-order valence-electron chi connectivity index (χ1n) is 10.3. The van der Waals surface area contributed by atoms with Crippen LogP contribution in [0.2, 0.25) is 5.02 Å². The average Bonchev–Trinajstić information content (AvgIpc) is 2.86. The van der Waals surface area contributed by atoms with Crippen LogP contribution >= 0.6 is 23.4 Å². The van der Waals surface area contributed by atoms with Crippen LogP contribution in [0.4, 0.5) is 13.2 Å². The predicted molar refractivity (Wildman–Crippen MR) is 127 cm³/mol. The minimum absolute atomic E-state index is 0.0995. The van der Waals surface area contributed by atoms with Crippen molar-refractivity contribution in [2.24, 2.45) is 0 Å². The Morgan fingerprint density at radius 1 is 1.08 bits per heavy atom.